The van der Waals surface area contributed by atoms with Gasteiger partial charge in [0.05, 0.1) is 19.5 Å². The molecule has 104 valence electrons. The summed E-state index contributed by atoms with van der Waals surface area (Å²) in [6.45, 7) is 1.89. The highest BCUT2D eigenvalue weighted by Gasteiger charge is 2.11. The van der Waals surface area contributed by atoms with E-state index in [2.05, 4.69) is 10.1 Å². The third-order valence-corrected chi connectivity index (χ3v) is 3.12. The molecule has 0 fully saturated rings. The van der Waals surface area contributed by atoms with Gasteiger partial charge in [0.1, 0.15) is 5.75 Å². The molecule has 7 heteroatoms. The lowest BCUT2D eigenvalue weighted by Gasteiger charge is -2.08. The zero-order valence-electron chi connectivity index (χ0n) is 10.8. The van der Waals surface area contributed by atoms with Crippen molar-refractivity contribution in [2.24, 2.45) is 0 Å². The van der Waals surface area contributed by atoms with Crippen molar-refractivity contribution in [1.29, 1.82) is 0 Å². The predicted molar refractivity (Wildman–Crippen MR) is 73.3 cm³/mol. The molecular formula is C12H16N2O4S. The second kappa shape index (κ2) is 7.52. The molecule has 0 radical (unpaired) electrons. The Hall–Kier alpha value is -1.89. The average Bonchev–Trinajstić information content (AvgIpc) is 2.37. The van der Waals surface area contributed by atoms with Gasteiger partial charge < -0.3 is 15.2 Å². The van der Waals surface area contributed by atoms with Crippen LogP contribution in [-0.4, -0.2) is 31.5 Å². The standard InChI is InChI=1S/C12H16N2O4S/c1-3-18-12(16)14-11(15)7-19-10-5-4-8(13)6-9(10)17-2/h4-6H,3,7,13H2,1-2H3,(H,14,15,16). The van der Waals surface area contributed by atoms with Crippen molar-refractivity contribution in [3.05, 3.63) is 18.2 Å². The number of imide groups is 1. The SMILES string of the molecule is CCOC(=O)NC(=O)CSc1ccc(N)cc1OC. The van der Waals surface area contributed by atoms with Crippen LogP contribution < -0.4 is 15.8 Å². The molecule has 0 aliphatic rings. The number of alkyl carbamates (subject to hydrolysis) is 1. The molecule has 0 bridgehead atoms. The van der Waals surface area contributed by atoms with Crippen LogP contribution in [0.5, 0.6) is 5.75 Å². The van der Waals surface area contributed by atoms with Crippen molar-refractivity contribution in [2.45, 2.75) is 11.8 Å². The van der Waals surface area contributed by atoms with E-state index in [1.165, 1.54) is 18.9 Å². The molecule has 1 aromatic carbocycles. The highest BCUT2D eigenvalue weighted by atomic mass is 32.2. The summed E-state index contributed by atoms with van der Waals surface area (Å²) in [7, 11) is 1.53. The summed E-state index contributed by atoms with van der Waals surface area (Å²) < 4.78 is 9.76. The first-order valence-electron chi connectivity index (χ1n) is 5.59. The van der Waals surface area contributed by atoms with Crippen LogP contribution in [0.2, 0.25) is 0 Å². The van der Waals surface area contributed by atoms with Gasteiger partial charge in [-0.2, -0.15) is 0 Å². The number of benzene rings is 1. The van der Waals surface area contributed by atoms with Gasteiger partial charge in [-0.05, 0) is 19.1 Å². The lowest BCUT2D eigenvalue weighted by Crippen LogP contribution is -2.32. The molecule has 19 heavy (non-hydrogen) atoms. The first-order chi connectivity index (χ1) is 9.06. The van der Waals surface area contributed by atoms with E-state index in [0.717, 1.165) is 4.90 Å². The molecule has 1 rings (SSSR count). The first kappa shape index (κ1) is 15.2. The Morgan fingerprint density at radius 2 is 2.16 bits per heavy atom. The van der Waals surface area contributed by atoms with Crippen LogP contribution in [0.4, 0.5) is 10.5 Å². The van der Waals surface area contributed by atoms with Crippen molar-refractivity contribution in [1.82, 2.24) is 5.32 Å². The van der Waals surface area contributed by atoms with E-state index in [0.29, 0.717) is 11.4 Å². The maximum Gasteiger partial charge on any atom is 0.413 e. The van der Waals surface area contributed by atoms with Crippen LogP contribution in [0, 0.1) is 0 Å². The Balaban J connectivity index is 2.52. The monoisotopic (exact) mass is 284 g/mol. The summed E-state index contributed by atoms with van der Waals surface area (Å²) in [5.74, 6) is 0.246. The Morgan fingerprint density at radius 3 is 2.79 bits per heavy atom. The lowest BCUT2D eigenvalue weighted by atomic mass is 10.3. The van der Waals surface area contributed by atoms with Gasteiger partial charge in [0.2, 0.25) is 5.91 Å². The van der Waals surface area contributed by atoms with E-state index in [1.54, 1.807) is 25.1 Å². The summed E-state index contributed by atoms with van der Waals surface area (Å²) in [5.41, 5.74) is 6.21. The van der Waals surface area contributed by atoms with Crippen LogP contribution in [0.25, 0.3) is 0 Å². The number of thioether (sulfide) groups is 1. The zero-order chi connectivity index (χ0) is 14.3. The maximum atomic E-state index is 11.5. The first-order valence-corrected chi connectivity index (χ1v) is 6.58. The van der Waals surface area contributed by atoms with Crippen LogP contribution in [-0.2, 0) is 9.53 Å². The average molecular weight is 284 g/mol. The molecule has 0 aliphatic heterocycles. The molecule has 0 unspecified atom stereocenters. The number of nitrogen functional groups attached to an aromatic ring is 1. The molecule has 0 saturated heterocycles. The van der Waals surface area contributed by atoms with Gasteiger partial charge in [0, 0.05) is 16.6 Å². The van der Waals surface area contributed by atoms with Crippen molar-refractivity contribution in [3.8, 4) is 5.75 Å². The number of nitrogens with two attached hydrogens (primary N) is 1. The Morgan fingerprint density at radius 1 is 1.42 bits per heavy atom. The molecule has 0 aliphatic carbocycles. The Kier molecular flexibility index (Phi) is 6.01. The highest BCUT2D eigenvalue weighted by Crippen LogP contribution is 2.30. The predicted octanol–water partition coefficient (Wildman–Crippen LogP) is 1.64. The molecule has 0 atom stereocenters. The number of methoxy groups -OCH3 is 1. The fraction of sp³-hybridized carbons (Fsp3) is 0.333. The van der Waals surface area contributed by atoms with E-state index >= 15 is 0 Å². The highest BCUT2D eigenvalue weighted by molar-refractivity contribution is 8.00. The summed E-state index contributed by atoms with van der Waals surface area (Å²) >= 11 is 1.25. The molecule has 0 aromatic heterocycles. The van der Waals surface area contributed by atoms with E-state index in [1.807, 2.05) is 0 Å². The fourth-order valence-corrected chi connectivity index (χ4v) is 2.07. The second-order valence-corrected chi connectivity index (χ2v) is 4.48. The molecule has 2 amide bonds. The summed E-state index contributed by atoms with van der Waals surface area (Å²) in [6, 6.07) is 5.15. The summed E-state index contributed by atoms with van der Waals surface area (Å²) in [4.78, 5) is 23.3. The Labute approximate surface area is 115 Å². The van der Waals surface area contributed by atoms with Crippen molar-refractivity contribution < 1.29 is 19.1 Å². The molecule has 0 heterocycles. The third-order valence-electron chi connectivity index (χ3n) is 2.06. The fourth-order valence-electron chi connectivity index (χ4n) is 1.26. The van der Waals surface area contributed by atoms with E-state index < -0.39 is 12.0 Å². The molecule has 0 spiro atoms. The molecule has 3 N–H and O–H groups in total. The van der Waals surface area contributed by atoms with Crippen LogP contribution in [0.3, 0.4) is 0 Å². The quantitative estimate of drug-likeness (QED) is 0.631. The number of nitrogens with one attached hydrogen (secondary N) is 1. The van der Waals surface area contributed by atoms with Crippen molar-refractivity contribution in [3.63, 3.8) is 0 Å². The minimum Gasteiger partial charge on any atom is -0.496 e. The topological polar surface area (TPSA) is 90.7 Å². The minimum atomic E-state index is -0.739. The van der Waals surface area contributed by atoms with Crippen LogP contribution in [0.1, 0.15) is 6.92 Å². The number of hydrogen-bond donors (Lipinski definition) is 2. The lowest BCUT2D eigenvalue weighted by molar-refractivity contribution is -0.117. The number of ether oxygens (including phenoxy) is 2. The van der Waals surface area contributed by atoms with Crippen molar-refractivity contribution >= 4 is 29.4 Å². The van der Waals surface area contributed by atoms with Crippen LogP contribution >= 0.6 is 11.8 Å². The number of rotatable bonds is 5. The second-order valence-electron chi connectivity index (χ2n) is 3.47. The largest absolute Gasteiger partial charge is 0.496 e. The van der Waals surface area contributed by atoms with Gasteiger partial charge in [0.15, 0.2) is 0 Å². The van der Waals surface area contributed by atoms with E-state index in [4.69, 9.17) is 10.5 Å². The molecule has 0 saturated carbocycles. The number of amides is 2. The Bertz CT molecular complexity index is 465. The van der Waals surface area contributed by atoms with Gasteiger partial charge in [-0.3, -0.25) is 10.1 Å². The molecular weight excluding hydrogens is 268 g/mol. The number of hydrogen-bond acceptors (Lipinski definition) is 6. The number of carbonyl (C=O) groups excluding carboxylic acids is 2. The summed E-state index contributed by atoms with van der Waals surface area (Å²) in [6.07, 6.45) is -0.739. The van der Waals surface area contributed by atoms with Gasteiger partial charge >= 0.3 is 6.09 Å². The molecule has 1 aromatic rings. The van der Waals surface area contributed by atoms with Gasteiger partial charge in [-0.25, -0.2) is 4.79 Å². The number of anilines is 1. The smallest absolute Gasteiger partial charge is 0.413 e. The number of carbonyl (C=O) groups is 2. The van der Waals surface area contributed by atoms with Gasteiger partial charge in [-0.15, -0.1) is 11.8 Å². The summed E-state index contributed by atoms with van der Waals surface area (Å²) in [5, 5.41) is 2.11. The van der Waals surface area contributed by atoms with Gasteiger partial charge in [0.25, 0.3) is 0 Å². The zero-order valence-corrected chi connectivity index (χ0v) is 11.6. The van der Waals surface area contributed by atoms with Crippen molar-refractivity contribution in [2.75, 3.05) is 25.2 Å². The minimum absolute atomic E-state index is 0.0824. The normalized spacial score (nSPS) is 9.79. The van der Waals surface area contributed by atoms with E-state index in [9.17, 15) is 9.59 Å². The van der Waals surface area contributed by atoms with E-state index in [-0.39, 0.29) is 12.4 Å². The molecule has 6 nitrogen and oxygen atoms in total. The van der Waals surface area contributed by atoms with Crippen LogP contribution in [0.15, 0.2) is 23.1 Å². The third kappa shape index (κ3) is 5.09. The van der Waals surface area contributed by atoms with Gasteiger partial charge in [-0.1, -0.05) is 0 Å². The maximum absolute atomic E-state index is 11.5.